The van der Waals surface area contributed by atoms with Crippen molar-refractivity contribution in [1.82, 2.24) is 24.8 Å². The number of pyridine rings is 1. The van der Waals surface area contributed by atoms with E-state index in [4.69, 9.17) is 0 Å². The lowest BCUT2D eigenvalue weighted by Crippen LogP contribution is -2.38. The zero-order chi connectivity index (χ0) is 19.3. The number of carbonyl (C=O) groups is 1. The van der Waals surface area contributed by atoms with Gasteiger partial charge in [-0.3, -0.25) is 4.79 Å². The largest absolute Gasteiger partial charge is 0.396 e. The number of hydrogen-bond donors (Lipinski definition) is 2. The molecule has 4 rings (SSSR count). The lowest BCUT2D eigenvalue weighted by Gasteiger charge is -2.31. The number of rotatable bonds is 7. The van der Waals surface area contributed by atoms with Crippen molar-refractivity contribution in [2.75, 3.05) is 32.8 Å². The van der Waals surface area contributed by atoms with Crippen LogP contribution in [-0.4, -0.2) is 63.2 Å². The van der Waals surface area contributed by atoms with E-state index in [-0.39, 0.29) is 12.5 Å². The van der Waals surface area contributed by atoms with Crippen molar-refractivity contribution in [3.63, 3.8) is 0 Å². The Kier molecular flexibility index (Phi) is 6.22. The molecule has 1 saturated heterocycles. The summed E-state index contributed by atoms with van der Waals surface area (Å²) < 4.78 is 2.17. The number of likely N-dealkylation sites (tertiary alicyclic amines) is 1. The Morgan fingerprint density at radius 3 is 2.89 bits per heavy atom. The predicted molar refractivity (Wildman–Crippen MR) is 108 cm³/mol. The monoisotopic (exact) mass is 385 g/mol. The fourth-order valence-electron chi connectivity index (χ4n) is 4.60. The summed E-state index contributed by atoms with van der Waals surface area (Å²) in [5, 5.41) is 12.3. The molecule has 2 N–H and O–H groups in total. The van der Waals surface area contributed by atoms with Crippen LogP contribution >= 0.6 is 0 Å². The molecule has 152 valence electrons. The molecule has 2 aliphatic rings. The highest BCUT2D eigenvalue weighted by Crippen LogP contribution is 2.31. The zero-order valence-electron chi connectivity index (χ0n) is 16.5. The van der Waals surface area contributed by atoms with Gasteiger partial charge in [-0.1, -0.05) is 12.8 Å². The summed E-state index contributed by atoms with van der Waals surface area (Å²) in [6, 6.07) is 2.34. The highest BCUT2D eigenvalue weighted by molar-refractivity contribution is 5.96. The third kappa shape index (κ3) is 4.36. The van der Waals surface area contributed by atoms with Crippen molar-refractivity contribution < 1.29 is 9.90 Å². The van der Waals surface area contributed by atoms with Crippen molar-refractivity contribution >= 4 is 17.1 Å². The molecule has 1 saturated carbocycles. The molecule has 2 fully saturated rings. The smallest absolute Gasteiger partial charge is 0.252 e. The molecule has 2 aromatic heterocycles. The van der Waals surface area contributed by atoms with Gasteiger partial charge in [0.25, 0.3) is 5.91 Å². The molecule has 28 heavy (non-hydrogen) atoms. The Morgan fingerprint density at radius 2 is 2.07 bits per heavy atom. The molecule has 7 nitrogen and oxygen atoms in total. The van der Waals surface area contributed by atoms with Gasteiger partial charge >= 0.3 is 0 Å². The summed E-state index contributed by atoms with van der Waals surface area (Å²) in [6.07, 6.45) is 11.6. The second-order valence-corrected chi connectivity index (χ2v) is 8.26. The van der Waals surface area contributed by atoms with Crippen LogP contribution in [0.5, 0.6) is 0 Å². The molecule has 3 heterocycles. The van der Waals surface area contributed by atoms with Crippen LogP contribution in [0.2, 0.25) is 0 Å². The maximum Gasteiger partial charge on any atom is 0.252 e. The molecule has 0 radical (unpaired) electrons. The minimum absolute atomic E-state index is 0.0864. The number of aromatic nitrogens is 3. The quantitative estimate of drug-likeness (QED) is 0.715. The number of amides is 1. The molecule has 1 atom stereocenters. The standard InChI is InChI=1S/C21H31N5O2/c27-14-16-5-3-9-25(13-16)10-4-8-22-21(28)17-11-19-20(23-12-17)26(15-24-19)18-6-1-2-7-18/h11-12,15-16,18,27H,1-10,13-14H2,(H,22,28). The van der Waals surface area contributed by atoms with Crippen LogP contribution in [0.4, 0.5) is 0 Å². The van der Waals surface area contributed by atoms with Gasteiger partial charge in [-0.15, -0.1) is 0 Å². The highest BCUT2D eigenvalue weighted by atomic mass is 16.3. The minimum atomic E-state index is -0.0864. The van der Waals surface area contributed by atoms with Crippen LogP contribution < -0.4 is 5.32 Å². The van der Waals surface area contributed by atoms with Crippen molar-refractivity contribution in [2.24, 2.45) is 5.92 Å². The molecular formula is C21H31N5O2. The molecule has 1 unspecified atom stereocenters. The second kappa shape index (κ2) is 9.01. The van der Waals surface area contributed by atoms with Crippen LogP contribution in [0.3, 0.4) is 0 Å². The minimum Gasteiger partial charge on any atom is -0.396 e. The van der Waals surface area contributed by atoms with Crippen molar-refractivity contribution in [2.45, 2.75) is 51.0 Å². The third-order valence-electron chi connectivity index (χ3n) is 6.19. The van der Waals surface area contributed by atoms with Gasteiger partial charge in [0.1, 0.15) is 5.52 Å². The van der Waals surface area contributed by atoms with Gasteiger partial charge in [0.05, 0.1) is 11.9 Å². The Labute approximate surface area is 166 Å². The van der Waals surface area contributed by atoms with E-state index in [0.29, 0.717) is 24.1 Å². The van der Waals surface area contributed by atoms with E-state index < -0.39 is 0 Å². The van der Waals surface area contributed by atoms with Crippen molar-refractivity contribution in [3.8, 4) is 0 Å². The van der Waals surface area contributed by atoms with Crippen LogP contribution in [0.15, 0.2) is 18.6 Å². The Bertz CT molecular complexity index is 799. The normalized spacial score (nSPS) is 21.4. The number of imidazole rings is 1. The van der Waals surface area contributed by atoms with Gasteiger partial charge in [0, 0.05) is 31.9 Å². The van der Waals surface area contributed by atoms with E-state index in [1.807, 2.05) is 12.4 Å². The van der Waals surface area contributed by atoms with Gasteiger partial charge in [-0.05, 0) is 57.2 Å². The summed E-state index contributed by atoms with van der Waals surface area (Å²) >= 11 is 0. The number of carbonyl (C=O) groups excluding carboxylic acids is 1. The van der Waals surface area contributed by atoms with Crippen molar-refractivity contribution in [3.05, 3.63) is 24.2 Å². The SMILES string of the molecule is O=C(NCCCN1CCCC(CO)C1)c1cnc2c(c1)ncn2C1CCCC1. The summed E-state index contributed by atoms with van der Waals surface area (Å²) in [7, 11) is 0. The van der Waals surface area contributed by atoms with E-state index in [1.54, 1.807) is 6.20 Å². The fraction of sp³-hybridized carbons (Fsp3) is 0.667. The van der Waals surface area contributed by atoms with Crippen molar-refractivity contribution in [1.29, 1.82) is 0 Å². The first-order valence-corrected chi connectivity index (χ1v) is 10.7. The number of aliphatic hydroxyl groups excluding tert-OH is 1. The fourth-order valence-corrected chi connectivity index (χ4v) is 4.60. The van der Waals surface area contributed by atoms with Crippen LogP contribution in [0.25, 0.3) is 11.2 Å². The second-order valence-electron chi connectivity index (χ2n) is 8.26. The van der Waals surface area contributed by atoms with Gasteiger partial charge in [0.15, 0.2) is 5.65 Å². The van der Waals surface area contributed by atoms with Crippen LogP contribution in [0, 0.1) is 5.92 Å². The molecule has 0 bridgehead atoms. The van der Waals surface area contributed by atoms with E-state index in [2.05, 4.69) is 24.8 Å². The van der Waals surface area contributed by atoms with E-state index in [0.717, 1.165) is 50.1 Å². The summed E-state index contributed by atoms with van der Waals surface area (Å²) in [4.78, 5) is 23.9. The number of nitrogens with zero attached hydrogens (tertiary/aromatic N) is 4. The number of fused-ring (bicyclic) bond motifs is 1. The topological polar surface area (TPSA) is 83.3 Å². The summed E-state index contributed by atoms with van der Waals surface area (Å²) in [6.45, 7) is 3.94. The van der Waals surface area contributed by atoms with Gasteiger partial charge in [-0.25, -0.2) is 9.97 Å². The van der Waals surface area contributed by atoms with Gasteiger partial charge in [0.2, 0.25) is 0 Å². The third-order valence-corrected chi connectivity index (χ3v) is 6.19. The Balaban J connectivity index is 1.28. The Morgan fingerprint density at radius 1 is 1.21 bits per heavy atom. The van der Waals surface area contributed by atoms with Gasteiger partial charge < -0.3 is 19.9 Å². The number of nitrogens with one attached hydrogen (secondary N) is 1. The molecule has 2 aromatic rings. The highest BCUT2D eigenvalue weighted by Gasteiger charge is 2.20. The summed E-state index contributed by atoms with van der Waals surface area (Å²) in [5.41, 5.74) is 2.25. The van der Waals surface area contributed by atoms with E-state index >= 15 is 0 Å². The maximum absolute atomic E-state index is 12.5. The lowest BCUT2D eigenvalue weighted by molar-refractivity contribution is 0.0946. The first-order chi connectivity index (χ1) is 13.7. The molecule has 1 aliphatic carbocycles. The summed E-state index contributed by atoms with van der Waals surface area (Å²) in [5.74, 6) is 0.321. The average Bonchev–Trinajstić information content (AvgIpc) is 3.40. The Hall–Kier alpha value is -1.99. The van der Waals surface area contributed by atoms with E-state index in [9.17, 15) is 9.90 Å². The molecular weight excluding hydrogens is 354 g/mol. The first kappa shape index (κ1) is 19.3. The number of hydrogen-bond acceptors (Lipinski definition) is 5. The zero-order valence-corrected chi connectivity index (χ0v) is 16.5. The molecule has 7 heteroatoms. The number of piperidine rings is 1. The molecule has 1 aliphatic heterocycles. The average molecular weight is 386 g/mol. The predicted octanol–water partition coefficient (Wildman–Crippen LogP) is 2.37. The molecule has 0 spiro atoms. The molecule has 0 aromatic carbocycles. The number of aliphatic hydroxyl groups is 1. The van der Waals surface area contributed by atoms with Gasteiger partial charge in [-0.2, -0.15) is 0 Å². The maximum atomic E-state index is 12.5. The van der Waals surface area contributed by atoms with Crippen LogP contribution in [0.1, 0.15) is 61.3 Å². The molecule has 1 amide bonds. The van der Waals surface area contributed by atoms with Crippen LogP contribution in [-0.2, 0) is 0 Å². The lowest BCUT2D eigenvalue weighted by atomic mass is 9.99. The van der Waals surface area contributed by atoms with E-state index in [1.165, 1.54) is 25.7 Å². The first-order valence-electron chi connectivity index (χ1n) is 10.7.